The highest BCUT2D eigenvalue weighted by molar-refractivity contribution is 5.91. The van der Waals surface area contributed by atoms with Crippen LogP contribution in [-0.4, -0.2) is 29.3 Å². The van der Waals surface area contributed by atoms with Crippen LogP contribution in [0.3, 0.4) is 0 Å². The molecule has 1 aromatic rings. The Morgan fingerprint density at radius 3 is 2.44 bits per heavy atom. The lowest BCUT2D eigenvalue weighted by Crippen LogP contribution is -2.31. The summed E-state index contributed by atoms with van der Waals surface area (Å²) < 4.78 is 0. The Labute approximate surface area is 104 Å². The van der Waals surface area contributed by atoms with E-state index in [1.807, 2.05) is 0 Å². The van der Waals surface area contributed by atoms with Gasteiger partial charge in [0.25, 0.3) is 0 Å². The van der Waals surface area contributed by atoms with E-state index in [1.54, 1.807) is 24.3 Å². The second kappa shape index (κ2) is 6.51. The highest BCUT2D eigenvalue weighted by Crippen LogP contribution is 2.09. The molecule has 0 spiro atoms. The zero-order chi connectivity index (χ0) is 13.5. The maximum Gasteiger partial charge on any atom is 0.320 e. The fourth-order valence-corrected chi connectivity index (χ4v) is 1.28. The lowest BCUT2D eigenvalue weighted by atomic mass is 10.1. The molecule has 1 atom stereocenters. The molecule has 0 bridgehead atoms. The number of amides is 1. The summed E-state index contributed by atoms with van der Waals surface area (Å²) in [5, 5.41) is 11.1. The van der Waals surface area contributed by atoms with Crippen LogP contribution in [0.25, 0.3) is 0 Å². The van der Waals surface area contributed by atoms with E-state index in [1.165, 1.54) is 0 Å². The summed E-state index contributed by atoms with van der Waals surface area (Å²) in [6.45, 7) is 0. The molecular weight excluding hydrogens is 236 g/mol. The first-order valence-corrected chi connectivity index (χ1v) is 5.36. The van der Waals surface area contributed by atoms with Gasteiger partial charge in [0.1, 0.15) is 12.3 Å². The molecule has 0 aliphatic carbocycles. The number of carbonyl (C=O) groups excluding carboxylic acids is 2. The van der Waals surface area contributed by atoms with Crippen LogP contribution in [0.1, 0.15) is 23.2 Å². The predicted octanol–water partition coefficient (Wildman–Crippen LogP) is 0.630. The first-order valence-electron chi connectivity index (χ1n) is 5.36. The smallest absolute Gasteiger partial charge is 0.320 e. The van der Waals surface area contributed by atoms with E-state index in [4.69, 9.17) is 10.8 Å². The SMILES string of the molecule is N[C@@H](CCC(=O)Nc1ccc(C=O)cc1)C(=O)O. The van der Waals surface area contributed by atoms with E-state index in [0.29, 0.717) is 17.5 Å². The average Bonchev–Trinajstić information content (AvgIpc) is 2.36. The first kappa shape index (κ1) is 13.9. The molecule has 0 aliphatic rings. The average molecular weight is 250 g/mol. The standard InChI is InChI=1S/C12H14N2O4/c13-10(12(17)18)5-6-11(16)14-9-3-1-8(7-15)2-4-9/h1-4,7,10H,5-6,13H2,(H,14,16)(H,17,18)/t10-/m0/s1. The summed E-state index contributed by atoms with van der Waals surface area (Å²) in [4.78, 5) is 32.3. The van der Waals surface area contributed by atoms with Crippen molar-refractivity contribution in [1.29, 1.82) is 0 Å². The van der Waals surface area contributed by atoms with Crippen molar-refractivity contribution in [3.63, 3.8) is 0 Å². The lowest BCUT2D eigenvalue weighted by Gasteiger charge is -2.07. The number of hydrogen-bond acceptors (Lipinski definition) is 4. The van der Waals surface area contributed by atoms with Crippen molar-refractivity contribution in [2.24, 2.45) is 5.73 Å². The number of anilines is 1. The van der Waals surface area contributed by atoms with Crippen LogP contribution >= 0.6 is 0 Å². The summed E-state index contributed by atoms with van der Waals surface area (Å²) in [7, 11) is 0. The molecule has 0 aromatic heterocycles. The van der Waals surface area contributed by atoms with Gasteiger partial charge in [-0.15, -0.1) is 0 Å². The van der Waals surface area contributed by atoms with Gasteiger partial charge in [-0.25, -0.2) is 0 Å². The fraction of sp³-hybridized carbons (Fsp3) is 0.250. The van der Waals surface area contributed by atoms with Crippen molar-refractivity contribution in [3.05, 3.63) is 29.8 Å². The molecule has 96 valence electrons. The molecule has 6 heteroatoms. The van der Waals surface area contributed by atoms with Crippen LogP contribution < -0.4 is 11.1 Å². The number of nitrogens with two attached hydrogens (primary N) is 1. The molecule has 0 aliphatic heterocycles. The van der Waals surface area contributed by atoms with Gasteiger partial charge >= 0.3 is 5.97 Å². The molecule has 1 aromatic carbocycles. The van der Waals surface area contributed by atoms with Crippen LogP contribution in [0, 0.1) is 0 Å². The van der Waals surface area contributed by atoms with Gasteiger partial charge in [-0.05, 0) is 30.7 Å². The molecule has 0 radical (unpaired) electrons. The molecule has 0 saturated heterocycles. The molecule has 4 N–H and O–H groups in total. The molecule has 0 heterocycles. The number of nitrogens with one attached hydrogen (secondary N) is 1. The minimum absolute atomic E-state index is 0.0307. The van der Waals surface area contributed by atoms with Crippen molar-refractivity contribution >= 4 is 23.9 Å². The third kappa shape index (κ3) is 4.34. The Kier molecular flexibility index (Phi) is 5.01. The Bertz CT molecular complexity index is 442. The van der Waals surface area contributed by atoms with Crippen molar-refractivity contribution in [2.45, 2.75) is 18.9 Å². The Morgan fingerprint density at radius 1 is 1.33 bits per heavy atom. The number of hydrogen-bond donors (Lipinski definition) is 3. The molecule has 0 unspecified atom stereocenters. The highest BCUT2D eigenvalue weighted by Gasteiger charge is 2.13. The normalized spacial score (nSPS) is 11.6. The van der Waals surface area contributed by atoms with Crippen LogP contribution in [0.4, 0.5) is 5.69 Å². The van der Waals surface area contributed by atoms with Crippen LogP contribution in [0.2, 0.25) is 0 Å². The Hall–Kier alpha value is -2.21. The quantitative estimate of drug-likeness (QED) is 0.641. The minimum Gasteiger partial charge on any atom is -0.480 e. The summed E-state index contributed by atoms with van der Waals surface area (Å²) in [6, 6.07) is 5.31. The molecule has 6 nitrogen and oxygen atoms in total. The van der Waals surface area contributed by atoms with E-state index in [-0.39, 0.29) is 18.7 Å². The predicted molar refractivity (Wildman–Crippen MR) is 65.3 cm³/mol. The molecule has 18 heavy (non-hydrogen) atoms. The van der Waals surface area contributed by atoms with Crippen molar-refractivity contribution in [1.82, 2.24) is 0 Å². The van der Waals surface area contributed by atoms with Gasteiger partial charge in [-0.3, -0.25) is 14.4 Å². The fourth-order valence-electron chi connectivity index (χ4n) is 1.28. The number of benzene rings is 1. The summed E-state index contributed by atoms with van der Waals surface area (Å²) in [5.74, 6) is -1.44. The summed E-state index contributed by atoms with van der Waals surface area (Å²) in [6.07, 6.45) is 0.813. The van der Waals surface area contributed by atoms with E-state index < -0.39 is 12.0 Å². The maximum absolute atomic E-state index is 11.5. The molecule has 1 rings (SSSR count). The zero-order valence-electron chi connectivity index (χ0n) is 9.63. The van der Waals surface area contributed by atoms with Gasteiger partial charge in [-0.2, -0.15) is 0 Å². The summed E-state index contributed by atoms with van der Waals surface area (Å²) in [5.41, 5.74) is 6.34. The monoisotopic (exact) mass is 250 g/mol. The second-order valence-electron chi connectivity index (χ2n) is 3.77. The van der Waals surface area contributed by atoms with Gasteiger partial charge < -0.3 is 16.2 Å². The van der Waals surface area contributed by atoms with Gasteiger partial charge in [0.2, 0.25) is 5.91 Å². The van der Waals surface area contributed by atoms with Crippen LogP contribution in [0.5, 0.6) is 0 Å². The van der Waals surface area contributed by atoms with Crippen molar-refractivity contribution in [3.8, 4) is 0 Å². The number of rotatable bonds is 6. The molecule has 1 amide bonds. The molecule has 0 fully saturated rings. The lowest BCUT2D eigenvalue weighted by molar-refractivity contribution is -0.138. The van der Waals surface area contributed by atoms with E-state index in [0.717, 1.165) is 0 Å². The van der Waals surface area contributed by atoms with Gasteiger partial charge in [0.15, 0.2) is 0 Å². The van der Waals surface area contributed by atoms with E-state index >= 15 is 0 Å². The van der Waals surface area contributed by atoms with Crippen LogP contribution in [0.15, 0.2) is 24.3 Å². The first-order chi connectivity index (χ1) is 8.52. The van der Waals surface area contributed by atoms with E-state index in [2.05, 4.69) is 5.32 Å². The van der Waals surface area contributed by atoms with E-state index in [9.17, 15) is 14.4 Å². The molecule has 0 saturated carbocycles. The Balaban J connectivity index is 2.44. The summed E-state index contributed by atoms with van der Waals surface area (Å²) >= 11 is 0. The van der Waals surface area contributed by atoms with Gasteiger partial charge in [0, 0.05) is 17.7 Å². The second-order valence-corrected chi connectivity index (χ2v) is 3.77. The minimum atomic E-state index is -1.13. The van der Waals surface area contributed by atoms with Gasteiger partial charge in [-0.1, -0.05) is 0 Å². The molecular formula is C12H14N2O4. The van der Waals surface area contributed by atoms with Crippen molar-refractivity contribution in [2.75, 3.05) is 5.32 Å². The topological polar surface area (TPSA) is 109 Å². The number of carboxylic acid groups (broad SMARTS) is 1. The number of carboxylic acids is 1. The third-order valence-corrected chi connectivity index (χ3v) is 2.33. The van der Waals surface area contributed by atoms with Crippen molar-refractivity contribution < 1.29 is 19.5 Å². The van der Waals surface area contributed by atoms with Crippen LogP contribution in [-0.2, 0) is 9.59 Å². The van der Waals surface area contributed by atoms with Gasteiger partial charge in [0.05, 0.1) is 0 Å². The third-order valence-electron chi connectivity index (χ3n) is 2.33. The maximum atomic E-state index is 11.5. The number of aldehydes is 1. The largest absolute Gasteiger partial charge is 0.480 e. The Morgan fingerprint density at radius 2 is 1.94 bits per heavy atom. The highest BCUT2D eigenvalue weighted by atomic mass is 16.4. The number of carbonyl (C=O) groups is 3. The zero-order valence-corrected chi connectivity index (χ0v) is 9.63. The number of aliphatic carboxylic acids is 1.